The van der Waals surface area contributed by atoms with Gasteiger partial charge in [-0.2, -0.15) is 0 Å². The van der Waals surface area contributed by atoms with Crippen LogP contribution in [0.5, 0.6) is 5.75 Å². The number of carbonyl (C=O) groups excluding carboxylic acids is 1. The number of ether oxygens (including phenoxy) is 1. The van der Waals surface area contributed by atoms with Gasteiger partial charge in [-0.1, -0.05) is 6.92 Å². The summed E-state index contributed by atoms with van der Waals surface area (Å²) in [5.41, 5.74) is 0.270. The van der Waals surface area contributed by atoms with Crippen molar-refractivity contribution in [3.63, 3.8) is 0 Å². The lowest BCUT2D eigenvalue weighted by Gasteiger charge is -2.18. The van der Waals surface area contributed by atoms with Crippen molar-refractivity contribution in [3.05, 3.63) is 23.8 Å². The van der Waals surface area contributed by atoms with E-state index in [1.54, 1.807) is 27.0 Å². The molecule has 118 valence electrons. The van der Waals surface area contributed by atoms with Crippen molar-refractivity contribution >= 4 is 15.9 Å². The lowest BCUT2D eigenvalue weighted by atomic mass is 10.2. The van der Waals surface area contributed by atoms with E-state index in [-0.39, 0.29) is 28.2 Å². The molecule has 0 aliphatic carbocycles. The second-order valence-electron chi connectivity index (χ2n) is 5.10. The minimum atomic E-state index is -3.97. The van der Waals surface area contributed by atoms with E-state index in [0.717, 1.165) is 6.42 Å². The molecule has 0 radical (unpaired) electrons. The molecule has 0 unspecified atom stereocenters. The highest BCUT2D eigenvalue weighted by atomic mass is 32.2. The van der Waals surface area contributed by atoms with Crippen molar-refractivity contribution in [1.82, 2.24) is 4.90 Å². The summed E-state index contributed by atoms with van der Waals surface area (Å²) in [7, 11) is -2.30. The summed E-state index contributed by atoms with van der Waals surface area (Å²) >= 11 is 0. The SMILES string of the molecule is CCCN(C)C(=O)c1ccc(OC(C)C)c(S(N)(=O)=O)c1. The summed E-state index contributed by atoms with van der Waals surface area (Å²) in [5.74, 6) is -0.0972. The quantitative estimate of drug-likeness (QED) is 0.863. The number of carbonyl (C=O) groups is 1. The minimum absolute atomic E-state index is 0.155. The molecular weight excluding hydrogens is 292 g/mol. The number of nitrogens with zero attached hydrogens (tertiary/aromatic N) is 1. The van der Waals surface area contributed by atoms with Gasteiger partial charge in [-0.3, -0.25) is 4.79 Å². The first-order chi connectivity index (χ1) is 9.66. The summed E-state index contributed by atoms with van der Waals surface area (Å²) in [6.45, 7) is 6.11. The van der Waals surface area contributed by atoms with E-state index < -0.39 is 10.0 Å². The third-order valence-corrected chi connectivity index (χ3v) is 3.70. The molecule has 7 heteroatoms. The first-order valence-corrected chi connectivity index (χ1v) is 8.30. The molecule has 1 aromatic rings. The smallest absolute Gasteiger partial charge is 0.253 e. The van der Waals surface area contributed by atoms with Gasteiger partial charge in [-0.15, -0.1) is 0 Å². The third-order valence-electron chi connectivity index (χ3n) is 2.77. The zero-order chi connectivity index (χ0) is 16.2. The van der Waals surface area contributed by atoms with E-state index in [1.165, 1.54) is 17.0 Å². The molecule has 0 atom stereocenters. The predicted octanol–water partition coefficient (Wildman–Crippen LogP) is 1.60. The normalized spacial score (nSPS) is 11.5. The van der Waals surface area contributed by atoms with Crippen LogP contribution >= 0.6 is 0 Å². The van der Waals surface area contributed by atoms with Crippen LogP contribution in [0.4, 0.5) is 0 Å². The van der Waals surface area contributed by atoms with Crippen molar-refractivity contribution in [2.75, 3.05) is 13.6 Å². The Kier molecular flexibility index (Phi) is 5.74. The molecule has 6 nitrogen and oxygen atoms in total. The molecule has 1 aromatic carbocycles. The molecule has 0 aliphatic rings. The predicted molar refractivity (Wildman–Crippen MR) is 80.8 cm³/mol. The number of benzene rings is 1. The molecule has 0 saturated heterocycles. The van der Waals surface area contributed by atoms with Gasteiger partial charge in [0.2, 0.25) is 10.0 Å². The Morgan fingerprint density at radius 1 is 1.38 bits per heavy atom. The number of hydrogen-bond donors (Lipinski definition) is 1. The summed E-state index contributed by atoms with van der Waals surface area (Å²) in [6, 6.07) is 4.27. The largest absolute Gasteiger partial charge is 0.490 e. The highest BCUT2D eigenvalue weighted by Gasteiger charge is 2.20. The Morgan fingerprint density at radius 2 is 2.00 bits per heavy atom. The fourth-order valence-electron chi connectivity index (χ4n) is 1.87. The number of hydrogen-bond acceptors (Lipinski definition) is 4. The van der Waals surface area contributed by atoms with E-state index >= 15 is 0 Å². The van der Waals surface area contributed by atoms with Gasteiger partial charge in [0.05, 0.1) is 6.10 Å². The van der Waals surface area contributed by atoms with E-state index in [2.05, 4.69) is 0 Å². The minimum Gasteiger partial charge on any atom is -0.490 e. The molecule has 21 heavy (non-hydrogen) atoms. The lowest BCUT2D eigenvalue weighted by Crippen LogP contribution is -2.27. The van der Waals surface area contributed by atoms with Gasteiger partial charge in [0, 0.05) is 19.2 Å². The first kappa shape index (κ1) is 17.5. The maximum atomic E-state index is 12.2. The molecule has 1 amide bonds. The zero-order valence-corrected chi connectivity index (χ0v) is 13.6. The maximum Gasteiger partial charge on any atom is 0.253 e. The van der Waals surface area contributed by atoms with Gasteiger partial charge in [-0.25, -0.2) is 13.6 Å². The Hall–Kier alpha value is -1.60. The summed E-state index contributed by atoms with van der Waals surface area (Å²) < 4.78 is 28.8. The fraction of sp³-hybridized carbons (Fsp3) is 0.500. The molecule has 2 N–H and O–H groups in total. The van der Waals surface area contributed by atoms with Gasteiger partial charge in [0.1, 0.15) is 10.6 Å². The molecule has 0 heterocycles. The number of rotatable bonds is 6. The van der Waals surface area contributed by atoms with Crippen molar-refractivity contribution in [2.45, 2.75) is 38.2 Å². The average molecular weight is 314 g/mol. The first-order valence-electron chi connectivity index (χ1n) is 6.75. The summed E-state index contributed by atoms with van der Waals surface area (Å²) in [4.78, 5) is 13.6. The second kappa shape index (κ2) is 6.91. The number of amides is 1. The monoisotopic (exact) mass is 314 g/mol. The van der Waals surface area contributed by atoms with E-state index in [1.807, 2.05) is 6.92 Å². The number of primary sulfonamides is 1. The van der Waals surface area contributed by atoms with Crippen molar-refractivity contribution in [1.29, 1.82) is 0 Å². The molecule has 0 fully saturated rings. The van der Waals surface area contributed by atoms with E-state index in [0.29, 0.717) is 6.54 Å². The zero-order valence-electron chi connectivity index (χ0n) is 12.8. The number of nitrogens with two attached hydrogens (primary N) is 1. The second-order valence-corrected chi connectivity index (χ2v) is 6.63. The van der Waals surface area contributed by atoms with Gasteiger partial charge in [0.25, 0.3) is 5.91 Å². The van der Waals surface area contributed by atoms with Gasteiger partial charge < -0.3 is 9.64 Å². The molecule has 0 aromatic heterocycles. The van der Waals surface area contributed by atoms with Crippen LogP contribution in [0.3, 0.4) is 0 Å². The average Bonchev–Trinajstić information content (AvgIpc) is 2.36. The summed E-state index contributed by atoms with van der Waals surface area (Å²) in [6.07, 6.45) is 0.619. The van der Waals surface area contributed by atoms with Crippen LogP contribution in [0.25, 0.3) is 0 Å². The topological polar surface area (TPSA) is 89.7 Å². The van der Waals surface area contributed by atoms with E-state index in [9.17, 15) is 13.2 Å². The van der Waals surface area contributed by atoms with Crippen LogP contribution in [0.15, 0.2) is 23.1 Å². The Balaban J connectivity index is 3.25. The van der Waals surface area contributed by atoms with Gasteiger partial charge >= 0.3 is 0 Å². The van der Waals surface area contributed by atoms with Crippen LogP contribution in [-0.4, -0.2) is 38.9 Å². The highest BCUT2D eigenvalue weighted by Crippen LogP contribution is 2.25. The molecule has 0 bridgehead atoms. The molecule has 0 saturated carbocycles. The van der Waals surface area contributed by atoms with Crippen LogP contribution in [0, 0.1) is 0 Å². The lowest BCUT2D eigenvalue weighted by molar-refractivity contribution is 0.0795. The molecule has 0 spiro atoms. The highest BCUT2D eigenvalue weighted by molar-refractivity contribution is 7.89. The van der Waals surface area contributed by atoms with Crippen molar-refractivity contribution in [3.8, 4) is 5.75 Å². The standard InChI is InChI=1S/C14H22N2O4S/c1-5-8-16(4)14(17)11-6-7-12(20-10(2)3)13(9-11)21(15,18)19/h6-7,9-10H,5,8H2,1-4H3,(H2,15,18,19). The molecular formula is C14H22N2O4S. The molecule has 0 aliphatic heterocycles. The Morgan fingerprint density at radius 3 is 2.48 bits per heavy atom. The molecule has 1 rings (SSSR count). The van der Waals surface area contributed by atoms with Crippen LogP contribution in [-0.2, 0) is 10.0 Å². The van der Waals surface area contributed by atoms with Crippen molar-refractivity contribution in [2.24, 2.45) is 5.14 Å². The fourth-order valence-corrected chi connectivity index (χ4v) is 2.56. The van der Waals surface area contributed by atoms with Crippen LogP contribution in [0.1, 0.15) is 37.6 Å². The van der Waals surface area contributed by atoms with E-state index in [4.69, 9.17) is 9.88 Å². The van der Waals surface area contributed by atoms with Gasteiger partial charge in [-0.05, 0) is 38.5 Å². The maximum absolute atomic E-state index is 12.2. The summed E-state index contributed by atoms with van der Waals surface area (Å²) in [5, 5.41) is 5.20. The Bertz CT molecular complexity index is 611. The number of sulfonamides is 1. The van der Waals surface area contributed by atoms with Gasteiger partial charge in [0.15, 0.2) is 0 Å². The third kappa shape index (κ3) is 4.71. The van der Waals surface area contributed by atoms with Crippen LogP contribution in [0.2, 0.25) is 0 Å². The van der Waals surface area contributed by atoms with Crippen molar-refractivity contribution < 1.29 is 17.9 Å². The Labute approximate surface area is 125 Å². The van der Waals surface area contributed by atoms with Crippen LogP contribution < -0.4 is 9.88 Å².